The summed E-state index contributed by atoms with van der Waals surface area (Å²) in [5.41, 5.74) is 6.74. The Morgan fingerprint density at radius 2 is 1.79 bits per heavy atom. The van der Waals surface area contributed by atoms with Gasteiger partial charge in [-0.1, -0.05) is 6.07 Å². The van der Waals surface area contributed by atoms with Gasteiger partial charge in [0.05, 0.1) is 4.47 Å². The van der Waals surface area contributed by atoms with Gasteiger partial charge in [0.25, 0.3) is 0 Å². The van der Waals surface area contributed by atoms with Crippen molar-refractivity contribution in [3.05, 3.63) is 57.6 Å². The van der Waals surface area contributed by atoms with Crippen molar-refractivity contribution in [3.63, 3.8) is 0 Å². The summed E-state index contributed by atoms with van der Waals surface area (Å²) in [5, 5.41) is 0. The van der Waals surface area contributed by atoms with Crippen LogP contribution in [0.25, 0.3) is 0 Å². The zero-order chi connectivity index (χ0) is 14.0. The highest BCUT2D eigenvalue weighted by atomic mass is 79.9. The molecule has 0 aliphatic heterocycles. The van der Waals surface area contributed by atoms with Crippen molar-refractivity contribution < 1.29 is 13.5 Å². The minimum absolute atomic E-state index is 0.0718. The molecule has 2 aromatic rings. The molecule has 0 spiro atoms. The van der Waals surface area contributed by atoms with Crippen LogP contribution in [0.1, 0.15) is 11.1 Å². The summed E-state index contributed by atoms with van der Waals surface area (Å²) in [7, 11) is 0. The predicted octanol–water partition coefficient (Wildman–Crippen LogP) is 4.29. The van der Waals surface area contributed by atoms with Gasteiger partial charge in [-0.3, -0.25) is 0 Å². The number of hydrogen-bond acceptors (Lipinski definition) is 2. The van der Waals surface area contributed by atoms with E-state index >= 15 is 0 Å². The summed E-state index contributed by atoms with van der Waals surface area (Å²) in [5.74, 6) is -1.62. The lowest BCUT2D eigenvalue weighted by atomic mass is 10.2. The Bertz CT molecular complexity index is 593. The van der Waals surface area contributed by atoms with Crippen LogP contribution in [0, 0.1) is 18.6 Å². The van der Waals surface area contributed by atoms with Crippen LogP contribution >= 0.6 is 15.9 Å². The van der Waals surface area contributed by atoms with Crippen LogP contribution in [0.5, 0.6) is 11.5 Å². The molecule has 5 heteroatoms. The Morgan fingerprint density at radius 1 is 1.16 bits per heavy atom. The topological polar surface area (TPSA) is 35.2 Å². The van der Waals surface area contributed by atoms with Gasteiger partial charge in [0.15, 0.2) is 17.4 Å². The van der Waals surface area contributed by atoms with Crippen molar-refractivity contribution in [2.24, 2.45) is 5.73 Å². The molecule has 19 heavy (non-hydrogen) atoms. The molecule has 0 aliphatic carbocycles. The van der Waals surface area contributed by atoms with Crippen LogP contribution in [0.15, 0.2) is 34.8 Å². The van der Waals surface area contributed by atoms with Crippen molar-refractivity contribution in [3.8, 4) is 11.5 Å². The molecule has 0 fully saturated rings. The minimum Gasteiger partial charge on any atom is -0.450 e. The standard InChI is InChI=1S/C14H12BrF2NO/c1-8-2-3-13(10(15)4-8)19-14-11(16)5-9(7-18)6-12(14)17/h2-6H,7,18H2,1H3. The molecule has 0 unspecified atom stereocenters. The lowest BCUT2D eigenvalue weighted by Crippen LogP contribution is -2.00. The number of benzene rings is 2. The van der Waals surface area contributed by atoms with Gasteiger partial charge < -0.3 is 10.5 Å². The lowest BCUT2D eigenvalue weighted by Gasteiger charge is -2.11. The Hall–Kier alpha value is -1.46. The molecular weight excluding hydrogens is 316 g/mol. The summed E-state index contributed by atoms with van der Waals surface area (Å²) in [6, 6.07) is 7.58. The van der Waals surface area contributed by atoms with Gasteiger partial charge in [-0.25, -0.2) is 8.78 Å². The SMILES string of the molecule is Cc1ccc(Oc2c(F)cc(CN)cc2F)c(Br)c1. The first-order valence-electron chi connectivity index (χ1n) is 5.63. The molecule has 0 aromatic heterocycles. The summed E-state index contributed by atoms with van der Waals surface area (Å²) in [6.07, 6.45) is 0. The first kappa shape index (κ1) is 14.0. The molecule has 100 valence electrons. The molecule has 2 nitrogen and oxygen atoms in total. The maximum atomic E-state index is 13.8. The average molecular weight is 328 g/mol. The van der Waals surface area contributed by atoms with Gasteiger partial charge in [-0.05, 0) is 58.2 Å². The molecule has 0 heterocycles. The van der Waals surface area contributed by atoms with Crippen LogP contribution < -0.4 is 10.5 Å². The molecule has 2 aromatic carbocycles. The third-order valence-corrected chi connectivity index (χ3v) is 3.21. The fourth-order valence-corrected chi connectivity index (χ4v) is 2.20. The monoisotopic (exact) mass is 327 g/mol. The molecule has 2 N–H and O–H groups in total. The number of rotatable bonds is 3. The largest absolute Gasteiger partial charge is 0.450 e. The second-order valence-electron chi connectivity index (χ2n) is 4.13. The van der Waals surface area contributed by atoms with E-state index in [1.807, 2.05) is 6.92 Å². The Kier molecular flexibility index (Phi) is 4.17. The van der Waals surface area contributed by atoms with Crippen LogP contribution in [0.3, 0.4) is 0 Å². The number of hydrogen-bond donors (Lipinski definition) is 1. The molecule has 0 bridgehead atoms. The maximum Gasteiger partial charge on any atom is 0.198 e. The highest BCUT2D eigenvalue weighted by Crippen LogP contribution is 2.33. The summed E-state index contributed by atoms with van der Waals surface area (Å²) < 4.78 is 33.4. The molecule has 0 amide bonds. The van der Waals surface area contributed by atoms with Gasteiger partial charge in [-0.15, -0.1) is 0 Å². The highest BCUT2D eigenvalue weighted by Gasteiger charge is 2.14. The van der Waals surface area contributed by atoms with Crippen molar-refractivity contribution in [1.82, 2.24) is 0 Å². The average Bonchev–Trinajstić information content (AvgIpc) is 2.35. The lowest BCUT2D eigenvalue weighted by molar-refractivity contribution is 0.404. The number of halogens is 3. The summed E-state index contributed by atoms with van der Waals surface area (Å²) in [4.78, 5) is 0. The summed E-state index contributed by atoms with van der Waals surface area (Å²) in [6.45, 7) is 1.98. The van der Waals surface area contributed by atoms with Gasteiger partial charge in [-0.2, -0.15) is 0 Å². The smallest absolute Gasteiger partial charge is 0.198 e. The molecular formula is C14H12BrF2NO. The van der Waals surface area contributed by atoms with E-state index in [9.17, 15) is 8.78 Å². The predicted molar refractivity (Wildman–Crippen MR) is 73.2 cm³/mol. The van der Waals surface area contributed by atoms with Crippen LogP contribution in [-0.4, -0.2) is 0 Å². The van der Waals surface area contributed by atoms with Gasteiger partial charge >= 0.3 is 0 Å². The molecule has 0 saturated carbocycles. The number of ether oxygens (including phenoxy) is 1. The zero-order valence-electron chi connectivity index (χ0n) is 10.2. The van der Waals surface area contributed by atoms with Crippen molar-refractivity contribution in [1.29, 1.82) is 0 Å². The van der Waals surface area contributed by atoms with Gasteiger partial charge in [0.2, 0.25) is 0 Å². The van der Waals surface area contributed by atoms with Crippen LogP contribution in [0.4, 0.5) is 8.78 Å². The minimum atomic E-state index is -0.770. The van der Waals surface area contributed by atoms with Crippen molar-refractivity contribution in [2.75, 3.05) is 0 Å². The number of nitrogens with two attached hydrogens (primary N) is 1. The number of aryl methyl sites for hydroxylation is 1. The van der Waals surface area contributed by atoms with Gasteiger partial charge in [0.1, 0.15) is 5.75 Å². The highest BCUT2D eigenvalue weighted by molar-refractivity contribution is 9.10. The summed E-state index contributed by atoms with van der Waals surface area (Å²) >= 11 is 3.29. The van der Waals surface area contributed by atoms with E-state index in [1.165, 1.54) is 12.1 Å². The van der Waals surface area contributed by atoms with E-state index in [0.29, 0.717) is 15.8 Å². The van der Waals surface area contributed by atoms with Gasteiger partial charge in [0, 0.05) is 6.54 Å². The maximum absolute atomic E-state index is 13.8. The molecule has 0 aliphatic rings. The van der Waals surface area contributed by atoms with E-state index in [1.54, 1.807) is 18.2 Å². The Balaban J connectivity index is 2.38. The van der Waals surface area contributed by atoms with E-state index in [-0.39, 0.29) is 6.54 Å². The normalized spacial score (nSPS) is 10.6. The van der Waals surface area contributed by atoms with E-state index in [4.69, 9.17) is 10.5 Å². The van der Waals surface area contributed by atoms with E-state index < -0.39 is 17.4 Å². The molecule has 0 atom stereocenters. The Labute approximate surface area is 118 Å². The third-order valence-electron chi connectivity index (χ3n) is 2.59. The van der Waals surface area contributed by atoms with E-state index in [0.717, 1.165) is 5.56 Å². The third kappa shape index (κ3) is 3.11. The quantitative estimate of drug-likeness (QED) is 0.912. The second kappa shape index (κ2) is 5.67. The molecule has 2 rings (SSSR count). The van der Waals surface area contributed by atoms with Crippen LogP contribution in [0.2, 0.25) is 0 Å². The van der Waals surface area contributed by atoms with Crippen molar-refractivity contribution in [2.45, 2.75) is 13.5 Å². The second-order valence-corrected chi connectivity index (χ2v) is 4.98. The fraction of sp³-hybridized carbons (Fsp3) is 0.143. The first-order chi connectivity index (χ1) is 9.01. The van der Waals surface area contributed by atoms with Crippen LogP contribution in [-0.2, 0) is 6.54 Å². The zero-order valence-corrected chi connectivity index (χ0v) is 11.8. The Morgan fingerprint density at radius 3 is 2.32 bits per heavy atom. The molecule has 0 saturated heterocycles. The molecule has 0 radical (unpaired) electrons. The van der Waals surface area contributed by atoms with E-state index in [2.05, 4.69) is 15.9 Å². The van der Waals surface area contributed by atoms with Crippen molar-refractivity contribution >= 4 is 15.9 Å². The first-order valence-corrected chi connectivity index (χ1v) is 6.42. The fourth-order valence-electron chi connectivity index (χ4n) is 1.63.